The van der Waals surface area contributed by atoms with Gasteiger partial charge in [0.1, 0.15) is 0 Å². The Morgan fingerprint density at radius 3 is 2.22 bits per heavy atom. The molecule has 100 valence electrons. The van der Waals surface area contributed by atoms with Crippen molar-refractivity contribution in [3.63, 3.8) is 0 Å². The van der Waals surface area contributed by atoms with Crippen molar-refractivity contribution in [2.45, 2.75) is 32.2 Å². The first-order valence-electron chi connectivity index (χ1n) is 6.67. The van der Waals surface area contributed by atoms with Crippen LogP contribution in [0.2, 0.25) is 0 Å². The van der Waals surface area contributed by atoms with Crippen molar-refractivity contribution in [1.29, 1.82) is 0 Å². The molecule has 1 heterocycles. The molecule has 2 atom stereocenters. The minimum Gasteiger partial charge on any atom is -0.396 e. The van der Waals surface area contributed by atoms with Crippen LogP contribution in [-0.4, -0.2) is 24.9 Å². The van der Waals surface area contributed by atoms with Gasteiger partial charge in [0.05, 0.1) is 25.2 Å². The second-order valence-electron chi connectivity index (χ2n) is 5.47. The van der Waals surface area contributed by atoms with Crippen LogP contribution in [-0.2, 0) is 4.74 Å². The van der Waals surface area contributed by atoms with E-state index in [1.165, 1.54) is 5.56 Å². The summed E-state index contributed by atoms with van der Waals surface area (Å²) >= 11 is 0. The lowest BCUT2D eigenvalue weighted by Crippen LogP contribution is -2.52. The van der Waals surface area contributed by atoms with Gasteiger partial charge in [-0.25, -0.2) is 0 Å². The first kappa shape index (κ1) is 13.5. The van der Waals surface area contributed by atoms with E-state index in [0.717, 1.165) is 12.0 Å². The summed E-state index contributed by atoms with van der Waals surface area (Å²) < 4.78 is 5.21. The SMILES string of the molecule is CCC(C)c1ccc(C(N)C2(CO)COC2)cc1. The van der Waals surface area contributed by atoms with Crippen LogP contribution in [0.3, 0.4) is 0 Å². The van der Waals surface area contributed by atoms with Crippen LogP contribution in [0, 0.1) is 5.41 Å². The summed E-state index contributed by atoms with van der Waals surface area (Å²) in [5.41, 5.74) is 8.41. The summed E-state index contributed by atoms with van der Waals surface area (Å²) in [5.74, 6) is 0.578. The van der Waals surface area contributed by atoms with E-state index in [1.807, 2.05) is 0 Å². The van der Waals surface area contributed by atoms with Crippen molar-refractivity contribution in [1.82, 2.24) is 0 Å². The molecule has 0 aromatic heterocycles. The van der Waals surface area contributed by atoms with Gasteiger partial charge in [-0.05, 0) is 23.5 Å². The number of hydrogen-bond acceptors (Lipinski definition) is 3. The van der Waals surface area contributed by atoms with E-state index < -0.39 is 0 Å². The lowest BCUT2D eigenvalue weighted by atomic mass is 9.76. The molecule has 0 bridgehead atoms. The fraction of sp³-hybridized carbons (Fsp3) is 0.600. The highest BCUT2D eigenvalue weighted by molar-refractivity contribution is 5.28. The summed E-state index contributed by atoms with van der Waals surface area (Å²) in [6.07, 6.45) is 1.14. The third-order valence-electron chi connectivity index (χ3n) is 4.23. The number of benzene rings is 1. The van der Waals surface area contributed by atoms with Crippen molar-refractivity contribution in [2.24, 2.45) is 11.1 Å². The molecule has 1 saturated heterocycles. The van der Waals surface area contributed by atoms with Gasteiger partial charge in [0.25, 0.3) is 0 Å². The predicted octanol–water partition coefficient (Wildman–Crippen LogP) is 2.21. The molecule has 0 spiro atoms. The molecule has 1 aliphatic heterocycles. The standard InChI is InChI=1S/C15H23NO2/c1-3-11(2)12-4-6-13(7-5-12)14(16)15(8-17)9-18-10-15/h4-7,11,14,17H,3,8-10,16H2,1-2H3. The average molecular weight is 249 g/mol. The zero-order chi connectivity index (χ0) is 13.2. The van der Waals surface area contributed by atoms with Gasteiger partial charge in [-0.3, -0.25) is 0 Å². The Labute approximate surface area is 109 Å². The lowest BCUT2D eigenvalue weighted by molar-refractivity contribution is -0.150. The topological polar surface area (TPSA) is 55.5 Å². The predicted molar refractivity (Wildman–Crippen MR) is 72.4 cm³/mol. The van der Waals surface area contributed by atoms with Crippen molar-refractivity contribution in [3.05, 3.63) is 35.4 Å². The van der Waals surface area contributed by atoms with Crippen molar-refractivity contribution < 1.29 is 9.84 Å². The first-order valence-corrected chi connectivity index (χ1v) is 6.67. The van der Waals surface area contributed by atoms with E-state index in [9.17, 15) is 5.11 Å². The number of nitrogens with two attached hydrogens (primary N) is 1. The molecule has 0 amide bonds. The monoisotopic (exact) mass is 249 g/mol. The van der Waals surface area contributed by atoms with Crippen LogP contribution in [0.15, 0.2) is 24.3 Å². The molecule has 2 unspecified atom stereocenters. The van der Waals surface area contributed by atoms with Gasteiger partial charge < -0.3 is 15.6 Å². The molecule has 0 saturated carbocycles. The van der Waals surface area contributed by atoms with Gasteiger partial charge in [0.2, 0.25) is 0 Å². The Morgan fingerprint density at radius 1 is 1.28 bits per heavy atom. The lowest BCUT2D eigenvalue weighted by Gasteiger charge is -2.44. The quantitative estimate of drug-likeness (QED) is 0.841. The molecule has 3 N–H and O–H groups in total. The van der Waals surface area contributed by atoms with Crippen molar-refractivity contribution in [3.8, 4) is 0 Å². The highest BCUT2D eigenvalue weighted by atomic mass is 16.5. The van der Waals surface area contributed by atoms with Crippen molar-refractivity contribution in [2.75, 3.05) is 19.8 Å². The highest BCUT2D eigenvalue weighted by Crippen LogP contribution is 2.38. The summed E-state index contributed by atoms with van der Waals surface area (Å²) in [7, 11) is 0. The number of rotatable bonds is 5. The Hall–Kier alpha value is -0.900. The van der Waals surface area contributed by atoms with Crippen molar-refractivity contribution >= 4 is 0 Å². The minimum atomic E-state index is -0.280. The summed E-state index contributed by atoms with van der Waals surface area (Å²) in [6, 6.07) is 8.31. The Kier molecular flexibility index (Phi) is 4.05. The molecule has 1 aromatic rings. The number of aliphatic hydroxyl groups is 1. The molecule has 3 heteroatoms. The molecule has 1 aliphatic rings. The fourth-order valence-electron chi connectivity index (χ4n) is 2.35. The van der Waals surface area contributed by atoms with Crippen LogP contribution in [0.25, 0.3) is 0 Å². The molecular weight excluding hydrogens is 226 g/mol. The number of hydrogen-bond donors (Lipinski definition) is 2. The molecule has 1 aromatic carbocycles. The number of aliphatic hydroxyl groups excluding tert-OH is 1. The Bertz CT molecular complexity index is 378. The molecule has 18 heavy (non-hydrogen) atoms. The van der Waals surface area contributed by atoms with E-state index in [-0.39, 0.29) is 18.1 Å². The van der Waals surface area contributed by atoms with Crippen LogP contribution in [0.4, 0.5) is 0 Å². The van der Waals surface area contributed by atoms with E-state index in [1.54, 1.807) is 0 Å². The van der Waals surface area contributed by atoms with Crippen LogP contribution >= 0.6 is 0 Å². The second-order valence-corrected chi connectivity index (χ2v) is 5.47. The second kappa shape index (κ2) is 5.39. The normalized spacial score (nSPS) is 21.1. The summed E-state index contributed by atoms with van der Waals surface area (Å²) in [6.45, 7) is 5.61. The molecule has 1 fully saturated rings. The van der Waals surface area contributed by atoms with Crippen LogP contribution < -0.4 is 5.73 Å². The van der Waals surface area contributed by atoms with Gasteiger partial charge in [-0.2, -0.15) is 0 Å². The maximum atomic E-state index is 9.49. The zero-order valence-corrected chi connectivity index (χ0v) is 11.2. The zero-order valence-electron chi connectivity index (χ0n) is 11.2. The molecular formula is C15H23NO2. The molecule has 0 radical (unpaired) electrons. The van der Waals surface area contributed by atoms with Gasteiger partial charge in [-0.15, -0.1) is 0 Å². The van der Waals surface area contributed by atoms with Gasteiger partial charge >= 0.3 is 0 Å². The first-order chi connectivity index (χ1) is 8.63. The van der Waals surface area contributed by atoms with E-state index in [0.29, 0.717) is 19.1 Å². The number of ether oxygens (including phenoxy) is 1. The third-order valence-corrected chi connectivity index (χ3v) is 4.23. The van der Waals surface area contributed by atoms with Gasteiger partial charge in [-0.1, -0.05) is 38.1 Å². The van der Waals surface area contributed by atoms with Crippen LogP contribution in [0.5, 0.6) is 0 Å². The third kappa shape index (κ3) is 2.30. The Morgan fingerprint density at radius 2 is 1.83 bits per heavy atom. The van der Waals surface area contributed by atoms with Gasteiger partial charge in [0.15, 0.2) is 0 Å². The van der Waals surface area contributed by atoms with Crippen LogP contribution in [0.1, 0.15) is 43.4 Å². The smallest absolute Gasteiger partial charge is 0.0594 e. The fourth-order valence-corrected chi connectivity index (χ4v) is 2.35. The molecule has 0 aliphatic carbocycles. The maximum Gasteiger partial charge on any atom is 0.0594 e. The highest BCUT2D eigenvalue weighted by Gasteiger charge is 2.44. The molecule has 2 rings (SSSR count). The average Bonchev–Trinajstić information content (AvgIpc) is 2.37. The largest absolute Gasteiger partial charge is 0.396 e. The summed E-state index contributed by atoms with van der Waals surface area (Å²) in [4.78, 5) is 0. The maximum absolute atomic E-state index is 9.49. The van der Waals surface area contributed by atoms with E-state index >= 15 is 0 Å². The Balaban J connectivity index is 2.14. The van der Waals surface area contributed by atoms with Gasteiger partial charge in [0, 0.05) is 6.04 Å². The van der Waals surface area contributed by atoms with E-state index in [2.05, 4.69) is 38.1 Å². The molecule has 3 nitrogen and oxygen atoms in total. The summed E-state index contributed by atoms with van der Waals surface area (Å²) in [5, 5.41) is 9.49. The van der Waals surface area contributed by atoms with E-state index in [4.69, 9.17) is 10.5 Å². The minimum absolute atomic E-state index is 0.0846.